The topological polar surface area (TPSA) is 77.4 Å². The van der Waals surface area contributed by atoms with Crippen molar-refractivity contribution in [2.24, 2.45) is 5.92 Å². The van der Waals surface area contributed by atoms with Gasteiger partial charge in [-0.3, -0.25) is 0 Å². The summed E-state index contributed by atoms with van der Waals surface area (Å²) in [7, 11) is -4.53. The smallest absolute Gasteiger partial charge is 0.746 e. The maximum Gasteiger partial charge on any atom is 1.00 e. The van der Waals surface area contributed by atoms with Gasteiger partial charge in [0.25, 0.3) is 0 Å². The Morgan fingerprint density at radius 2 is 1.91 bits per heavy atom. The molecule has 1 unspecified atom stereocenters. The first kappa shape index (κ1) is 11.9. The Morgan fingerprint density at radius 1 is 1.55 bits per heavy atom. The molecule has 0 spiro atoms. The van der Waals surface area contributed by atoms with E-state index in [2.05, 4.69) is 0 Å². The maximum absolute atomic E-state index is 10.3. The number of hydrogen-bond acceptors (Lipinski definition) is 4. The average molecular weight is 188 g/mol. The van der Waals surface area contributed by atoms with Gasteiger partial charge in [-0.1, -0.05) is 0 Å². The Balaban J connectivity index is 0.000001000. The van der Waals surface area contributed by atoms with E-state index in [1.54, 1.807) is 0 Å². The van der Waals surface area contributed by atoms with Crippen LogP contribution in [0.3, 0.4) is 0 Å². The van der Waals surface area contributed by atoms with Crippen molar-refractivity contribution in [3.63, 3.8) is 0 Å². The molecule has 1 rings (SSSR count). The van der Waals surface area contributed by atoms with Crippen LogP contribution in [0.5, 0.6) is 0 Å². The molecule has 1 aliphatic rings. The Hall–Kier alpha value is 0.870. The molecule has 0 aromatic heterocycles. The summed E-state index contributed by atoms with van der Waals surface area (Å²) in [6.07, 6.45) is 1.27. The van der Waals surface area contributed by atoms with E-state index in [1.165, 1.54) is 0 Å². The van der Waals surface area contributed by atoms with Crippen LogP contribution in [-0.2, 0) is 10.1 Å². The van der Waals surface area contributed by atoms with Crippen LogP contribution in [0, 0.1) is 5.92 Å². The zero-order chi connectivity index (χ0) is 7.99. The molecule has 6 heteroatoms. The third-order valence-corrected chi connectivity index (χ3v) is 3.19. The molecule has 4 nitrogen and oxygen atoms in total. The summed E-state index contributed by atoms with van der Waals surface area (Å²) in [5.74, 6) is -0.338. The van der Waals surface area contributed by atoms with Crippen LogP contribution in [-0.4, -0.2) is 23.0 Å². The van der Waals surface area contributed by atoms with Gasteiger partial charge in [0.15, 0.2) is 4.93 Å². The van der Waals surface area contributed by atoms with Crippen molar-refractivity contribution in [1.82, 2.24) is 0 Å². The summed E-state index contributed by atoms with van der Waals surface area (Å²) >= 11 is 0. The van der Waals surface area contributed by atoms with Crippen LogP contribution in [0.1, 0.15) is 19.8 Å². The van der Waals surface area contributed by atoms with Gasteiger partial charge in [-0.15, -0.1) is 0 Å². The normalized spacial score (nSPS) is 23.5. The Kier molecular flexibility index (Phi) is 3.58. The van der Waals surface area contributed by atoms with E-state index in [0.29, 0.717) is 12.8 Å². The van der Waals surface area contributed by atoms with Crippen LogP contribution in [0.25, 0.3) is 0 Å². The van der Waals surface area contributed by atoms with E-state index in [4.69, 9.17) is 5.11 Å². The molecule has 0 aromatic carbocycles. The predicted molar refractivity (Wildman–Crippen MR) is 33.0 cm³/mol. The van der Waals surface area contributed by atoms with E-state index < -0.39 is 15.1 Å². The van der Waals surface area contributed by atoms with Crippen molar-refractivity contribution in [3.05, 3.63) is 0 Å². The molecule has 0 amide bonds. The minimum absolute atomic E-state index is 0. The van der Waals surface area contributed by atoms with Gasteiger partial charge in [0.05, 0.1) is 0 Å². The Labute approximate surface area is 88.0 Å². The van der Waals surface area contributed by atoms with Crippen molar-refractivity contribution >= 4 is 10.1 Å². The Bertz CT molecular complexity index is 229. The second-order valence-corrected chi connectivity index (χ2v) is 4.52. The SMILES string of the molecule is CC(O)(C1CC1)S(=O)(=O)[O-].[Na+]. The van der Waals surface area contributed by atoms with E-state index in [1.807, 2.05) is 0 Å². The van der Waals surface area contributed by atoms with Crippen molar-refractivity contribution < 1.29 is 47.6 Å². The van der Waals surface area contributed by atoms with E-state index >= 15 is 0 Å². The third-order valence-electron chi connectivity index (χ3n) is 1.84. The van der Waals surface area contributed by atoms with Gasteiger partial charge >= 0.3 is 29.6 Å². The molecular weight excluding hydrogens is 179 g/mol. The van der Waals surface area contributed by atoms with Crippen molar-refractivity contribution in [2.75, 3.05) is 0 Å². The average Bonchev–Trinajstić information content (AvgIpc) is 2.38. The molecule has 0 heterocycles. The largest absolute Gasteiger partial charge is 1.00 e. The molecule has 0 aromatic rings. The molecule has 0 bridgehead atoms. The van der Waals surface area contributed by atoms with Crippen molar-refractivity contribution in [1.29, 1.82) is 0 Å². The monoisotopic (exact) mass is 188 g/mol. The van der Waals surface area contributed by atoms with Gasteiger partial charge in [0.1, 0.15) is 10.1 Å². The van der Waals surface area contributed by atoms with Crippen LogP contribution >= 0.6 is 0 Å². The summed E-state index contributed by atoms with van der Waals surface area (Å²) in [5.41, 5.74) is 0. The third kappa shape index (κ3) is 2.40. The van der Waals surface area contributed by atoms with Crippen molar-refractivity contribution in [2.45, 2.75) is 24.7 Å². The van der Waals surface area contributed by atoms with Gasteiger partial charge < -0.3 is 9.66 Å². The first-order valence-electron chi connectivity index (χ1n) is 3.03. The number of rotatable bonds is 2. The molecule has 0 radical (unpaired) electrons. The standard InChI is InChI=1S/C5H10O4S.Na/c1-5(6,4-2-3-4)10(7,8)9;/h4,6H,2-3H2,1H3,(H,7,8,9);/q;+1/p-1. The fraction of sp³-hybridized carbons (Fsp3) is 1.00. The zero-order valence-electron chi connectivity index (χ0n) is 6.57. The van der Waals surface area contributed by atoms with Gasteiger partial charge in [0, 0.05) is 5.92 Å². The Morgan fingerprint density at radius 3 is 2.00 bits per heavy atom. The van der Waals surface area contributed by atoms with E-state index in [9.17, 15) is 13.0 Å². The summed E-state index contributed by atoms with van der Waals surface area (Å²) in [5, 5.41) is 9.09. The number of hydrogen-bond donors (Lipinski definition) is 1. The van der Waals surface area contributed by atoms with Gasteiger partial charge in [-0.2, -0.15) is 0 Å². The van der Waals surface area contributed by atoms with Gasteiger partial charge in [-0.25, -0.2) is 8.42 Å². The molecule has 1 fully saturated rings. The molecule has 1 aliphatic carbocycles. The van der Waals surface area contributed by atoms with Crippen LogP contribution in [0.15, 0.2) is 0 Å². The van der Waals surface area contributed by atoms with E-state index in [-0.39, 0.29) is 35.5 Å². The van der Waals surface area contributed by atoms with Gasteiger partial charge in [-0.05, 0) is 19.8 Å². The summed E-state index contributed by atoms with van der Waals surface area (Å²) < 4.78 is 31.0. The molecule has 0 saturated heterocycles. The van der Waals surface area contributed by atoms with E-state index in [0.717, 1.165) is 6.92 Å². The number of aliphatic hydroxyl groups is 1. The molecule has 11 heavy (non-hydrogen) atoms. The fourth-order valence-electron chi connectivity index (χ4n) is 0.823. The molecular formula is C5H9NaO4S. The molecule has 60 valence electrons. The molecule has 0 aliphatic heterocycles. The molecule has 1 N–H and O–H groups in total. The summed E-state index contributed by atoms with van der Waals surface area (Å²) in [6.45, 7) is 1.06. The predicted octanol–water partition coefficient (Wildman–Crippen LogP) is -3.35. The quantitative estimate of drug-likeness (QED) is 0.363. The first-order valence-corrected chi connectivity index (χ1v) is 4.44. The second-order valence-electron chi connectivity index (χ2n) is 2.78. The van der Waals surface area contributed by atoms with Gasteiger partial charge in [0.2, 0.25) is 0 Å². The minimum Gasteiger partial charge on any atom is -0.746 e. The van der Waals surface area contributed by atoms with Crippen LogP contribution in [0.4, 0.5) is 0 Å². The molecule has 1 atom stereocenters. The summed E-state index contributed by atoms with van der Waals surface area (Å²) in [4.78, 5) is -2.03. The first-order chi connectivity index (χ1) is 4.36. The maximum atomic E-state index is 10.3. The minimum atomic E-state index is -4.53. The molecule has 1 saturated carbocycles. The zero-order valence-corrected chi connectivity index (χ0v) is 9.39. The second kappa shape index (κ2) is 3.32. The fourth-order valence-corrected chi connectivity index (χ4v) is 1.47. The van der Waals surface area contributed by atoms with Crippen LogP contribution < -0.4 is 29.6 Å². The van der Waals surface area contributed by atoms with Crippen molar-refractivity contribution in [3.8, 4) is 0 Å². The van der Waals surface area contributed by atoms with Crippen LogP contribution in [0.2, 0.25) is 0 Å². The summed E-state index contributed by atoms with van der Waals surface area (Å²) in [6, 6.07) is 0.